The molecule has 0 fully saturated rings. The molecule has 0 aromatic carbocycles. The zero-order chi connectivity index (χ0) is 15.6. The molecule has 0 aromatic rings. The first-order valence-electron chi connectivity index (χ1n) is 9.41. The summed E-state index contributed by atoms with van der Waals surface area (Å²) in [5.41, 5.74) is 0. The molecule has 0 bridgehead atoms. The smallest absolute Gasteiger partial charge is 0.241 e. The van der Waals surface area contributed by atoms with Crippen molar-refractivity contribution in [2.45, 2.75) is 104 Å². The minimum atomic E-state index is -1.40. The van der Waals surface area contributed by atoms with Gasteiger partial charge in [0.25, 0.3) is 0 Å². The molecule has 21 heavy (non-hydrogen) atoms. The third kappa shape index (κ3) is 10.2. The lowest BCUT2D eigenvalue weighted by Crippen LogP contribution is -2.26. The predicted octanol–water partition coefficient (Wildman–Crippen LogP) is 7.05. The zero-order valence-corrected chi connectivity index (χ0v) is 16.0. The summed E-state index contributed by atoms with van der Waals surface area (Å²) in [7, 11) is -1.40. The Kier molecular flexibility index (Phi) is 9.38. The summed E-state index contributed by atoms with van der Waals surface area (Å²) in [4.78, 5) is 0. The van der Waals surface area contributed by atoms with Crippen molar-refractivity contribution < 1.29 is 4.43 Å². The molecule has 0 saturated carbocycles. The van der Waals surface area contributed by atoms with Gasteiger partial charge in [0.2, 0.25) is 8.32 Å². The van der Waals surface area contributed by atoms with Gasteiger partial charge in [0.05, 0.1) is 5.76 Å². The van der Waals surface area contributed by atoms with Crippen LogP contribution in [0.5, 0.6) is 0 Å². The SMILES string of the molecule is CCCCCCCCCC[C@H]1C=C(O[Si](C)(C)C)CCC1. The summed E-state index contributed by atoms with van der Waals surface area (Å²) in [6, 6.07) is 0. The van der Waals surface area contributed by atoms with Crippen molar-refractivity contribution in [2.75, 3.05) is 0 Å². The van der Waals surface area contributed by atoms with E-state index in [0.717, 1.165) is 5.92 Å². The van der Waals surface area contributed by atoms with Crippen LogP contribution in [0, 0.1) is 5.92 Å². The van der Waals surface area contributed by atoms with E-state index in [1.54, 1.807) is 0 Å². The van der Waals surface area contributed by atoms with E-state index in [1.807, 2.05) is 0 Å². The molecule has 124 valence electrons. The topological polar surface area (TPSA) is 9.23 Å². The van der Waals surface area contributed by atoms with Gasteiger partial charge < -0.3 is 4.43 Å². The molecule has 0 amide bonds. The molecular weight excluding hydrogens is 272 g/mol. The summed E-state index contributed by atoms with van der Waals surface area (Å²) in [6.45, 7) is 9.15. The van der Waals surface area contributed by atoms with Crippen LogP contribution in [-0.2, 0) is 4.43 Å². The number of hydrogen-bond donors (Lipinski definition) is 0. The van der Waals surface area contributed by atoms with Crippen LogP contribution in [0.4, 0.5) is 0 Å². The molecule has 1 nitrogen and oxygen atoms in total. The lowest BCUT2D eigenvalue weighted by molar-refractivity contribution is 0.349. The van der Waals surface area contributed by atoms with Gasteiger partial charge in [-0.1, -0.05) is 58.3 Å². The van der Waals surface area contributed by atoms with Gasteiger partial charge in [-0.2, -0.15) is 0 Å². The Morgan fingerprint density at radius 1 is 1.00 bits per heavy atom. The Balaban J connectivity index is 2.10. The average molecular weight is 311 g/mol. The van der Waals surface area contributed by atoms with Crippen molar-refractivity contribution in [3.8, 4) is 0 Å². The van der Waals surface area contributed by atoms with Gasteiger partial charge in [-0.05, 0) is 50.9 Å². The van der Waals surface area contributed by atoms with Crippen molar-refractivity contribution in [2.24, 2.45) is 5.92 Å². The Labute approximate surface area is 134 Å². The highest BCUT2D eigenvalue weighted by molar-refractivity contribution is 6.70. The van der Waals surface area contributed by atoms with Crippen LogP contribution in [-0.4, -0.2) is 8.32 Å². The van der Waals surface area contributed by atoms with Crippen LogP contribution in [0.3, 0.4) is 0 Å². The predicted molar refractivity (Wildman–Crippen MR) is 97.1 cm³/mol. The first-order valence-corrected chi connectivity index (χ1v) is 12.8. The number of allylic oxidation sites excluding steroid dienone is 2. The van der Waals surface area contributed by atoms with E-state index < -0.39 is 8.32 Å². The van der Waals surface area contributed by atoms with E-state index in [0.29, 0.717) is 0 Å². The molecule has 1 rings (SSSR count). The van der Waals surface area contributed by atoms with Crippen LogP contribution < -0.4 is 0 Å². The summed E-state index contributed by atoms with van der Waals surface area (Å²) in [5.74, 6) is 2.11. The maximum absolute atomic E-state index is 6.19. The fourth-order valence-corrected chi connectivity index (χ4v) is 4.17. The highest BCUT2D eigenvalue weighted by atomic mass is 28.4. The number of rotatable bonds is 11. The van der Waals surface area contributed by atoms with E-state index in [2.05, 4.69) is 32.6 Å². The van der Waals surface area contributed by atoms with Crippen molar-refractivity contribution in [3.63, 3.8) is 0 Å². The molecule has 1 aliphatic rings. The van der Waals surface area contributed by atoms with Gasteiger partial charge in [-0.15, -0.1) is 0 Å². The summed E-state index contributed by atoms with van der Waals surface area (Å²) >= 11 is 0. The van der Waals surface area contributed by atoms with Gasteiger partial charge in [0, 0.05) is 6.42 Å². The highest BCUT2D eigenvalue weighted by Crippen LogP contribution is 2.29. The second kappa shape index (κ2) is 10.5. The van der Waals surface area contributed by atoms with E-state index in [9.17, 15) is 0 Å². The normalized spacial score (nSPS) is 19.4. The number of unbranched alkanes of at least 4 members (excludes halogenated alkanes) is 7. The molecule has 0 N–H and O–H groups in total. The van der Waals surface area contributed by atoms with Crippen LogP contribution in [0.15, 0.2) is 11.8 Å². The first-order chi connectivity index (χ1) is 10.0. The average Bonchev–Trinajstić information content (AvgIpc) is 2.40. The lowest BCUT2D eigenvalue weighted by atomic mass is 9.90. The van der Waals surface area contributed by atoms with E-state index in [4.69, 9.17) is 4.43 Å². The lowest BCUT2D eigenvalue weighted by Gasteiger charge is -2.27. The third-order valence-corrected chi connectivity index (χ3v) is 5.16. The zero-order valence-electron chi connectivity index (χ0n) is 15.0. The maximum atomic E-state index is 6.19. The van der Waals surface area contributed by atoms with E-state index in [-0.39, 0.29) is 0 Å². The monoisotopic (exact) mass is 310 g/mol. The molecule has 0 spiro atoms. The molecular formula is C19H38OSi. The molecule has 0 unspecified atom stereocenters. The molecule has 1 atom stereocenters. The first kappa shape index (κ1) is 18.8. The Bertz CT molecular complexity index is 290. The standard InChI is InChI=1S/C19H38OSi/c1-5-6-7-8-9-10-11-12-14-18-15-13-16-19(17-18)20-21(2,3)4/h17-18H,5-16H2,1-4H3/t18-/m1/s1. The molecule has 0 aromatic heterocycles. The fourth-order valence-electron chi connectivity index (χ4n) is 3.21. The maximum Gasteiger partial charge on any atom is 0.241 e. The van der Waals surface area contributed by atoms with Crippen molar-refractivity contribution in [1.82, 2.24) is 0 Å². The number of hydrogen-bond acceptors (Lipinski definition) is 1. The fraction of sp³-hybridized carbons (Fsp3) is 0.895. The van der Waals surface area contributed by atoms with Crippen LogP contribution in [0.2, 0.25) is 19.6 Å². The minimum absolute atomic E-state index is 0.796. The Morgan fingerprint density at radius 2 is 1.62 bits per heavy atom. The molecule has 2 heteroatoms. The van der Waals surface area contributed by atoms with Gasteiger partial charge in [-0.25, -0.2) is 0 Å². The van der Waals surface area contributed by atoms with Crippen LogP contribution in [0.1, 0.15) is 84.0 Å². The van der Waals surface area contributed by atoms with Gasteiger partial charge in [-0.3, -0.25) is 0 Å². The second-order valence-corrected chi connectivity index (χ2v) is 12.2. The van der Waals surface area contributed by atoms with E-state index in [1.165, 1.54) is 82.8 Å². The highest BCUT2D eigenvalue weighted by Gasteiger charge is 2.21. The quantitative estimate of drug-likeness (QED) is 0.293. The molecule has 0 aliphatic heterocycles. The Hall–Kier alpha value is -0.243. The third-order valence-electron chi connectivity index (χ3n) is 4.29. The second-order valence-electron chi connectivity index (χ2n) is 7.76. The minimum Gasteiger partial charge on any atom is -0.548 e. The molecule has 0 saturated heterocycles. The van der Waals surface area contributed by atoms with Crippen LogP contribution in [0.25, 0.3) is 0 Å². The van der Waals surface area contributed by atoms with Crippen LogP contribution >= 0.6 is 0 Å². The van der Waals surface area contributed by atoms with Crippen molar-refractivity contribution in [1.29, 1.82) is 0 Å². The summed E-state index contributed by atoms with van der Waals surface area (Å²) < 4.78 is 6.19. The summed E-state index contributed by atoms with van der Waals surface area (Å²) in [5, 5.41) is 0. The van der Waals surface area contributed by atoms with Gasteiger partial charge in [0.15, 0.2) is 0 Å². The Morgan fingerprint density at radius 3 is 2.24 bits per heavy atom. The van der Waals surface area contributed by atoms with Gasteiger partial charge in [0.1, 0.15) is 0 Å². The van der Waals surface area contributed by atoms with Crippen molar-refractivity contribution in [3.05, 3.63) is 11.8 Å². The largest absolute Gasteiger partial charge is 0.548 e. The molecule has 1 aliphatic carbocycles. The van der Waals surface area contributed by atoms with Crippen molar-refractivity contribution >= 4 is 8.32 Å². The molecule has 0 radical (unpaired) electrons. The van der Waals surface area contributed by atoms with Gasteiger partial charge >= 0.3 is 0 Å². The molecule has 0 heterocycles. The van der Waals surface area contributed by atoms with E-state index >= 15 is 0 Å². The summed E-state index contributed by atoms with van der Waals surface area (Å²) in [6.07, 6.45) is 19.1.